The van der Waals surface area contributed by atoms with Crippen molar-refractivity contribution in [1.82, 2.24) is 5.32 Å². The van der Waals surface area contributed by atoms with Crippen LogP contribution in [-0.4, -0.2) is 24.2 Å². The quantitative estimate of drug-likeness (QED) is 0.889. The monoisotopic (exact) mass is 292 g/mol. The molecule has 1 aliphatic heterocycles. The van der Waals surface area contributed by atoms with E-state index >= 15 is 0 Å². The van der Waals surface area contributed by atoms with Gasteiger partial charge in [-0.1, -0.05) is 13.8 Å². The number of hydrogen-bond donors (Lipinski definition) is 2. The fourth-order valence-corrected chi connectivity index (χ4v) is 3.93. The van der Waals surface area contributed by atoms with Gasteiger partial charge < -0.3 is 20.2 Å². The summed E-state index contributed by atoms with van der Waals surface area (Å²) < 4.78 is 11.3. The van der Waals surface area contributed by atoms with Gasteiger partial charge in [0.05, 0.1) is 12.6 Å². The summed E-state index contributed by atoms with van der Waals surface area (Å²) in [5, 5.41) is 2.93. The Labute approximate surface area is 125 Å². The third-order valence-corrected chi connectivity index (χ3v) is 5.28. The van der Waals surface area contributed by atoms with E-state index in [9.17, 15) is 4.79 Å². The summed E-state index contributed by atoms with van der Waals surface area (Å²) >= 11 is 0. The number of nitrogens with one attached hydrogen (secondary N) is 1. The second kappa shape index (κ2) is 4.85. The molecule has 116 valence electrons. The summed E-state index contributed by atoms with van der Waals surface area (Å²) in [6, 6.07) is 3.76. The molecule has 0 radical (unpaired) electrons. The third-order valence-electron chi connectivity index (χ3n) is 5.28. The number of furan rings is 1. The molecular weight excluding hydrogens is 268 g/mol. The van der Waals surface area contributed by atoms with E-state index in [0.717, 1.165) is 31.0 Å². The van der Waals surface area contributed by atoms with Crippen LogP contribution in [0.25, 0.3) is 0 Å². The van der Waals surface area contributed by atoms with Gasteiger partial charge in [-0.15, -0.1) is 0 Å². The van der Waals surface area contributed by atoms with Crippen LogP contribution in [0.3, 0.4) is 0 Å². The van der Waals surface area contributed by atoms with Crippen LogP contribution in [0.5, 0.6) is 0 Å². The first-order valence-electron chi connectivity index (χ1n) is 7.61. The molecule has 2 fully saturated rings. The third kappa shape index (κ3) is 2.02. The predicted molar refractivity (Wildman–Crippen MR) is 78.5 cm³/mol. The maximum absolute atomic E-state index is 12.7. The zero-order chi connectivity index (χ0) is 15.3. The topological polar surface area (TPSA) is 77.5 Å². The Morgan fingerprint density at radius 2 is 2.24 bits per heavy atom. The summed E-state index contributed by atoms with van der Waals surface area (Å²) in [5.74, 6) is 1.59. The zero-order valence-electron chi connectivity index (χ0n) is 12.9. The Morgan fingerprint density at radius 3 is 2.90 bits per heavy atom. The lowest BCUT2D eigenvalue weighted by molar-refractivity contribution is -0.225. The molecule has 3 atom stereocenters. The Morgan fingerprint density at radius 1 is 1.48 bits per heavy atom. The molecule has 3 unspecified atom stereocenters. The van der Waals surface area contributed by atoms with E-state index < -0.39 is 5.54 Å². The van der Waals surface area contributed by atoms with Gasteiger partial charge in [0.1, 0.15) is 17.1 Å². The molecule has 0 aromatic carbocycles. The molecule has 5 nitrogen and oxygen atoms in total. The van der Waals surface area contributed by atoms with Crippen LogP contribution in [-0.2, 0) is 16.1 Å². The fourth-order valence-electron chi connectivity index (χ4n) is 3.93. The van der Waals surface area contributed by atoms with Gasteiger partial charge in [0, 0.05) is 17.9 Å². The summed E-state index contributed by atoms with van der Waals surface area (Å²) in [7, 11) is 0. The number of carbonyl (C=O) groups excluding carboxylic acids is 1. The molecule has 0 bridgehead atoms. The highest BCUT2D eigenvalue weighted by atomic mass is 16.5. The Bertz CT molecular complexity index is 551. The molecule has 1 aliphatic carbocycles. The van der Waals surface area contributed by atoms with E-state index in [4.69, 9.17) is 14.9 Å². The van der Waals surface area contributed by atoms with Crippen LogP contribution in [0, 0.1) is 18.3 Å². The highest BCUT2D eigenvalue weighted by Crippen LogP contribution is 2.57. The van der Waals surface area contributed by atoms with Crippen molar-refractivity contribution in [2.45, 2.75) is 51.8 Å². The van der Waals surface area contributed by atoms with Crippen molar-refractivity contribution < 1.29 is 13.9 Å². The average molecular weight is 292 g/mol. The van der Waals surface area contributed by atoms with Gasteiger partial charge in [-0.3, -0.25) is 4.79 Å². The predicted octanol–water partition coefficient (Wildman–Crippen LogP) is 1.74. The van der Waals surface area contributed by atoms with E-state index in [1.54, 1.807) is 0 Å². The van der Waals surface area contributed by atoms with Gasteiger partial charge in [-0.2, -0.15) is 0 Å². The second-order valence-electron chi connectivity index (χ2n) is 6.83. The molecule has 1 aromatic heterocycles. The first-order valence-corrected chi connectivity index (χ1v) is 7.61. The lowest BCUT2D eigenvalue weighted by Crippen LogP contribution is -2.82. The van der Waals surface area contributed by atoms with Crippen molar-refractivity contribution >= 4 is 5.91 Å². The minimum atomic E-state index is -0.861. The van der Waals surface area contributed by atoms with Crippen LogP contribution in [0.15, 0.2) is 16.5 Å². The highest BCUT2D eigenvalue weighted by molar-refractivity contribution is 5.89. The summed E-state index contributed by atoms with van der Waals surface area (Å²) in [5.41, 5.74) is 5.32. The van der Waals surface area contributed by atoms with Gasteiger partial charge >= 0.3 is 0 Å². The molecule has 2 heterocycles. The largest absolute Gasteiger partial charge is 0.465 e. The lowest BCUT2D eigenvalue weighted by Gasteiger charge is -2.65. The summed E-state index contributed by atoms with van der Waals surface area (Å²) in [6.07, 6.45) is 2.02. The summed E-state index contributed by atoms with van der Waals surface area (Å²) in [6.45, 7) is 7.08. The SMILES string of the molecule is Cc1ccc(CNC(=O)C2(N)C3CCCOC3C2(C)C)o1. The molecule has 2 aliphatic rings. The van der Waals surface area contributed by atoms with Crippen molar-refractivity contribution in [3.63, 3.8) is 0 Å². The molecule has 3 N–H and O–H groups in total. The average Bonchev–Trinajstić information content (AvgIpc) is 2.89. The highest BCUT2D eigenvalue weighted by Gasteiger charge is 2.70. The van der Waals surface area contributed by atoms with E-state index in [1.807, 2.05) is 32.9 Å². The Kier molecular flexibility index (Phi) is 3.37. The fraction of sp³-hybridized carbons (Fsp3) is 0.688. The van der Waals surface area contributed by atoms with E-state index in [2.05, 4.69) is 5.32 Å². The maximum Gasteiger partial charge on any atom is 0.241 e. The standard InChI is InChI=1S/C16H24N2O3/c1-10-6-7-11(21-10)9-18-14(19)16(17)12-5-4-8-20-13(12)15(16,2)3/h6-7,12-13H,4-5,8-9,17H2,1-3H3,(H,18,19). The lowest BCUT2D eigenvalue weighted by atomic mass is 9.46. The molecule has 1 aromatic rings. The Hall–Kier alpha value is -1.33. The minimum absolute atomic E-state index is 0.0906. The van der Waals surface area contributed by atoms with Crippen LogP contribution >= 0.6 is 0 Å². The number of amides is 1. The van der Waals surface area contributed by atoms with Gasteiger partial charge in [0.25, 0.3) is 0 Å². The first kappa shape index (κ1) is 14.6. The number of hydrogen-bond acceptors (Lipinski definition) is 4. The number of ether oxygens (including phenoxy) is 1. The number of carbonyl (C=O) groups is 1. The van der Waals surface area contributed by atoms with E-state index in [0.29, 0.717) is 6.54 Å². The van der Waals surface area contributed by atoms with Crippen molar-refractivity contribution in [2.24, 2.45) is 17.1 Å². The number of aryl methyl sites for hydroxylation is 1. The van der Waals surface area contributed by atoms with Gasteiger partial charge in [-0.25, -0.2) is 0 Å². The Balaban J connectivity index is 1.70. The minimum Gasteiger partial charge on any atom is -0.465 e. The molecule has 0 spiro atoms. The van der Waals surface area contributed by atoms with E-state index in [1.165, 1.54) is 0 Å². The van der Waals surface area contributed by atoms with Crippen LogP contribution in [0.4, 0.5) is 0 Å². The van der Waals surface area contributed by atoms with Gasteiger partial charge in [0.15, 0.2) is 0 Å². The maximum atomic E-state index is 12.7. The van der Waals surface area contributed by atoms with Gasteiger partial charge in [-0.05, 0) is 31.9 Å². The van der Waals surface area contributed by atoms with Crippen LogP contribution in [0.1, 0.15) is 38.2 Å². The van der Waals surface area contributed by atoms with Crippen molar-refractivity contribution in [3.05, 3.63) is 23.7 Å². The summed E-state index contributed by atoms with van der Waals surface area (Å²) in [4.78, 5) is 12.7. The molecular formula is C16H24N2O3. The molecule has 5 heteroatoms. The van der Waals surface area contributed by atoms with Crippen molar-refractivity contribution in [3.8, 4) is 0 Å². The van der Waals surface area contributed by atoms with Gasteiger partial charge in [0.2, 0.25) is 5.91 Å². The first-order chi connectivity index (χ1) is 9.87. The van der Waals surface area contributed by atoms with Crippen molar-refractivity contribution in [1.29, 1.82) is 0 Å². The number of rotatable bonds is 3. The smallest absolute Gasteiger partial charge is 0.241 e. The van der Waals surface area contributed by atoms with Crippen LogP contribution in [0.2, 0.25) is 0 Å². The normalized spacial score (nSPS) is 33.9. The zero-order valence-corrected chi connectivity index (χ0v) is 12.9. The molecule has 21 heavy (non-hydrogen) atoms. The van der Waals surface area contributed by atoms with E-state index in [-0.39, 0.29) is 23.3 Å². The molecule has 1 amide bonds. The molecule has 1 saturated heterocycles. The number of nitrogens with two attached hydrogens (primary N) is 1. The van der Waals surface area contributed by atoms with Crippen molar-refractivity contribution in [2.75, 3.05) is 6.61 Å². The number of fused-ring (bicyclic) bond motifs is 1. The second-order valence-corrected chi connectivity index (χ2v) is 6.83. The van der Waals surface area contributed by atoms with Crippen LogP contribution < -0.4 is 11.1 Å². The molecule has 1 saturated carbocycles. The molecule has 3 rings (SSSR count).